The van der Waals surface area contributed by atoms with Gasteiger partial charge in [-0.1, -0.05) is 47.1 Å². The molecule has 21 heavy (non-hydrogen) atoms. The molecular formula is C17H19BrO3. The first-order valence-electron chi connectivity index (χ1n) is 6.79. The molecule has 4 heteroatoms. The van der Waals surface area contributed by atoms with E-state index >= 15 is 0 Å². The van der Waals surface area contributed by atoms with Gasteiger partial charge in [-0.25, -0.2) is 0 Å². The summed E-state index contributed by atoms with van der Waals surface area (Å²) in [6, 6.07) is 11.5. The first kappa shape index (κ1) is 15.9. The minimum absolute atomic E-state index is 0.601. The molecule has 0 aliphatic carbocycles. The van der Waals surface area contributed by atoms with Crippen molar-refractivity contribution in [1.29, 1.82) is 0 Å². The van der Waals surface area contributed by atoms with Crippen LogP contribution in [0.25, 0.3) is 0 Å². The third-order valence-electron chi connectivity index (χ3n) is 3.53. The zero-order valence-corrected chi connectivity index (χ0v) is 14.0. The molecule has 2 rings (SSSR count). The normalized spacial score (nSPS) is 12.0. The summed E-state index contributed by atoms with van der Waals surface area (Å²) in [5, 5.41) is 10.7. The molecule has 0 saturated carbocycles. The van der Waals surface area contributed by atoms with Crippen molar-refractivity contribution >= 4 is 15.9 Å². The fraction of sp³-hybridized carbons (Fsp3) is 0.294. The molecule has 2 aromatic carbocycles. The summed E-state index contributed by atoms with van der Waals surface area (Å²) < 4.78 is 11.4. The number of hydrogen-bond acceptors (Lipinski definition) is 3. The van der Waals surface area contributed by atoms with Crippen LogP contribution in [0.15, 0.2) is 40.9 Å². The van der Waals surface area contributed by atoms with Gasteiger partial charge in [0, 0.05) is 10.0 Å². The van der Waals surface area contributed by atoms with E-state index in [9.17, 15) is 5.11 Å². The molecule has 0 spiro atoms. The number of aryl methyl sites for hydroxylation is 1. The first-order valence-corrected chi connectivity index (χ1v) is 7.58. The molecule has 0 heterocycles. The van der Waals surface area contributed by atoms with Gasteiger partial charge >= 0.3 is 0 Å². The van der Waals surface area contributed by atoms with Crippen molar-refractivity contribution in [3.05, 3.63) is 57.6 Å². The Morgan fingerprint density at radius 3 is 2.29 bits per heavy atom. The third-order valence-corrected chi connectivity index (χ3v) is 4.21. The molecule has 112 valence electrons. The van der Waals surface area contributed by atoms with Crippen LogP contribution in [-0.2, 0) is 6.42 Å². The maximum absolute atomic E-state index is 10.7. The van der Waals surface area contributed by atoms with Gasteiger partial charge in [0.15, 0.2) is 11.5 Å². The predicted octanol–water partition coefficient (Wildman–Crippen LogP) is 4.11. The van der Waals surface area contributed by atoms with E-state index in [0.717, 1.165) is 27.6 Å². The Morgan fingerprint density at radius 1 is 1.05 bits per heavy atom. The molecule has 0 saturated heterocycles. The smallest absolute Gasteiger partial charge is 0.161 e. The summed E-state index contributed by atoms with van der Waals surface area (Å²) in [6.45, 7) is 2.08. The number of rotatable bonds is 5. The van der Waals surface area contributed by atoms with Crippen LogP contribution in [0, 0.1) is 0 Å². The maximum atomic E-state index is 10.7. The molecule has 0 bridgehead atoms. The molecular weight excluding hydrogens is 332 g/mol. The second kappa shape index (κ2) is 6.96. The highest BCUT2D eigenvalue weighted by Gasteiger charge is 2.19. The Morgan fingerprint density at radius 2 is 1.67 bits per heavy atom. The van der Waals surface area contributed by atoms with Crippen molar-refractivity contribution in [3.8, 4) is 11.5 Å². The highest BCUT2D eigenvalue weighted by atomic mass is 79.9. The Kier molecular flexibility index (Phi) is 5.26. The van der Waals surface area contributed by atoms with Crippen LogP contribution < -0.4 is 9.47 Å². The van der Waals surface area contributed by atoms with Gasteiger partial charge in [-0.15, -0.1) is 0 Å². The summed E-state index contributed by atoms with van der Waals surface area (Å²) in [6.07, 6.45) is 0.161. The average Bonchev–Trinajstić information content (AvgIpc) is 2.53. The number of ether oxygens (including phenoxy) is 2. The van der Waals surface area contributed by atoms with E-state index in [2.05, 4.69) is 22.9 Å². The van der Waals surface area contributed by atoms with E-state index in [1.54, 1.807) is 20.3 Å². The summed E-state index contributed by atoms with van der Waals surface area (Å²) >= 11 is 3.50. The lowest BCUT2D eigenvalue weighted by molar-refractivity contribution is 0.217. The second-order valence-electron chi connectivity index (χ2n) is 4.68. The lowest BCUT2D eigenvalue weighted by atomic mass is 9.95. The molecule has 0 fully saturated rings. The highest BCUT2D eigenvalue weighted by molar-refractivity contribution is 9.10. The Bertz CT molecular complexity index is 625. The van der Waals surface area contributed by atoms with Gasteiger partial charge in [-0.05, 0) is 29.7 Å². The van der Waals surface area contributed by atoms with E-state index in [0.29, 0.717) is 11.5 Å². The Balaban J connectivity index is 2.50. The average molecular weight is 351 g/mol. The summed E-state index contributed by atoms with van der Waals surface area (Å²) in [4.78, 5) is 0. The zero-order chi connectivity index (χ0) is 15.4. The Hall–Kier alpha value is -1.52. The monoisotopic (exact) mass is 350 g/mol. The largest absolute Gasteiger partial charge is 0.493 e. The molecule has 1 atom stereocenters. The van der Waals surface area contributed by atoms with Crippen LogP contribution in [0.1, 0.15) is 29.7 Å². The summed E-state index contributed by atoms with van der Waals surface area (Å²) in [5.41, 5.74) is 2.80. The number of halogens is 1. The van der Waals surface area contributed by atoms with E-state index in [1.807, 2.05) is 30.3 Å². The van der Waals surface area contributed by atoms with E-state index < -0.39 is 6.10 Å². The van der Waals surface area contributed by atoms with E-state index in [4.69, 9.17) is 9.47 Å². The van der Waals surface area contributed by atoms with Crippen molar-refractivity contribution < 1.29 is 14.6 Å². The van der Waals surface area contributed by atoms with Crippen molar-refractivity contribution in [3.63, 3.8) is 0 Å². The first-order chi connectivity index (χ1) is 10.1. The van der Waals surface area contributed by atoms with Crippen molar-refractivity contribution in [2.45, 2.75) is 19.4 Å². The number of benzene rings is 2. The van der Waals surface area contributed by atoms with Crippen LogP contribution in [-0.4, -0.2) is 19.3 Å². The van der Waals surface area contributed by atoms with Gasteiger partial charge in [0.1, 0.15) is 6.10 Å². The second-order valence-corrected chi connectivity index (χ2v) is 5.54. The van der Waals surface area contributed by atoms with E-state index in [1.165, 1.54) is 0 Å². The van der Waals surface area contributed by atoms with Gasteiger partial charge in [-0.3, -0.25) is 0 Å². The predicted molar refractivity (Wildman–Crippen MR) is 87.1 cm³/mol. The minimum atomic E-state index is -0.713. The Labute approximate surface area is 133 Å². The fourth-order valence-electron chi connectivity index (χ4n) is 2.37. The SMILES string of the molecule is CCc1ccccc1C(O)c1cc(OC)c(OC)cc1Br. The van der Waals surface area contributed by atoms with Crippen molar-refractivity contribution in [1.82, 2.24) is 0 Å². The molecule has 0 aromatic heterocycles. The molecule has 0 radical (unpaired) electrons. The highest BCUT2D eigenvalue weighted by Crippen LogP contribution is 2.38. The molecule has 3 nitrogen and oxygen atoms in total. The van der Waals surface area contributed by atoms with Crippen molar-refractivity contribution in [2.24, 2.45) is 0 Å². The van der Waals surface area contributed by atoms with Crippen LogP contribution in [0.3, 0.4) is 0 Å². The maximum Gasteiger partial charge on any atom is 0.161 e. The fourth-order valence-corrected chi connectivity index (χ4v) is 2.91. The van der Waals surface area contributed by atoms with Gasteiger partial charge in [0.25, 0.3) is 0 Å². The standard InChI is InChI=1S/C17H19BrO3/c1-4-11-7-5-6-8-12(11)17(19)13-9-15(20-2)16(21-3)10-14(13)18/h5-10,17,19H,4H2,1-3H3. The molecule has 0 aliphatic heterocycles. The lowest BCUT2D eigenvalue weighted by Crippen LogP contribution is -2.05. The lowest BCUT2D eigenvalue weighted by Gasteiger charge is -2.18. The number of aliphatic hydroxyl groups excluding tert-OH is 1. The molecule has 1 N–H and O–H groups in total. The summed E-state index contributed by atoms with van der Waals surface area (Å²) in [5.74, 6) is 1.23. The van der Waals surface area contributed by atoms with Gasteiger partial charge in [0.05, 0.1) is 14.2 Å². The van der Waals surface area contributed by atoms with Crippen molar-refractivity contribution in [2.75, 3.05) is 14.2 Å². The number of hydrogen-bond donors (Lipinski definition) is 1. The number of aliphatic hydroxyl groups is 1. The quantitative estimate of drug-likeness (QED) is 0.881. The zero-order valence-electron chi connectivity index (χ0n) is 12.4. The summed E-state index contributed by atoms with van der Waals surface area (Å²) in [7, 11) is 3.18. The van der Waals surface area contributed by atoms with Gasteiger partial charge in [-0.2, -0.15) is 0 Å². The van der Waals surface area contributed by atoms with Gasteiger partial charge < -0.3 is 14.6 Å². The number of methoxy groups -OCH3 is 2. The van der Waals surface area contributed by atoms with Gasteiger partial charge in [0.2, 0.25) is 0 Å². The molecule has 0 aliphatic rings. The van der Waals surface area contributed by atoms with Crippen LogP contribution >= 0.6 is 15.9 Å². The third kappa shape index (κ3) is 3.22. The molecule has 0 amide bonds. The minimum Gasteiger partial charge on any atom is -0.493 e. The van der Waals surface area contributed by atoms with Crippen LogP contribution in [0.2, 0.25) is 0 Å². The molecule has 1 unspecified atom stereocenters. The van der Waals surface area contributed by atoms with E-state index in [-0.39, 0.29) is 0 Å². The topological polar surface area (TPSA) is 38.7 Å². The molecule has 2 aromatic rings. The van der Waals surface area contributed by atoms with Crippen LogP contribution in [0.5, 0.6) is 11.5 Å². The van der Waals surface area contributed by atoms with Crippen LogP contribution in [0.4, 0.5) is 0 Å².